The van der Waals surface area contributed by atoms with Gasteiger partial charge in [-0.3, -0.25) is 4.98 Å². The maximum absolute atomic E-state index is 6.01. The largest absolute Gasteiger partial charge is 0.339 e. The van der Waals surface area contributed by atoms with Crippen molar-refractivity contribution >= 4 is 27.7 Å². The Kier molecular flexibility index (Phi) is 3.36. The minimum atomic E-state index is 0.0983. The molecule has 0 amide bonds. The van der Waals surface area contributed by atoms with Gasteiger partial charge in [0.1, 0.15) is 5.69 Å². The monoisotopic (exact) mass is 326 g/mol. The summed E-state index contributed by atoms with van der Waals surface area (Å²) in [5.74, 6) is 3.18. The number of pyridine rings is 1. The molecule has 0 aromatic carbocycles. The van der Waals surface area contributed by atoms with Gasteiger partial charge in [0.25, 0.3) is 0 Å². The second-order valence-electron chi connectivity index (χ2n) is 4.13. The molecule has 2 N–H and O–H groups in total. The summed E-state index contributed by atoms with van der Waals surface area (Å²) in [5, 5.41) is 3.97. The van der Waals surface area contributed by atoms with E-state index in [9.17, 15) is 0 Å². The van der Waals surface area contributed by atoms with Crippen LogP contribution in [0, 0.1) is 0 Å². The minimum Gasteiger partial charge on any atom is -0.339 e. The van der Waals surface area contributed by atoms with Crippen LogP contribution >= 0.6 is 27.7 Å². The van der Waals surface area contributed by atoms with Crippen LogP contribution in [0.3, 0.4) is 0 Å². The molecular formula is C11H11BrN4OS. The van der Waals surface area contributed by atoms with E-state index in [2.05, 4.69) is 31.1 Å². The molecule has 2 aromatic rings. The lowest BCUT2D eigenvalue weighted by Crippen LogP contribution is -2.26. The van der Waals surface area contributed by atoms with E-state index in [4.69, 9.17) is 10.3 Å². The number of aromatic nitrogens is 3. The molecule has 94 valence electrons. The minimum absolute atomic E-state index is 0.0983. The lowest BCUT2D eigenvalue weighted by atomic mass is 10.1. The van der Waals surface area contributed by atoms with Gasteiger partial charge in [-0.1, -0.05) is 5.16 Å². The van der Waals surface area contributed by atoms with Crippen molar-refractivity contribution in [3.63, 3.8) is 0 Å². The Labute approximate surface area is 117 Å². The topological polar surface area (TPSA) is 77.8 Å². The van der Waals surface area contributed by atoms with Crippen LogP contribution in [0.15, 0.2) is 27.3 Å². The third kappa shape index (κ3) is 2.30. The fourth-order valence-corrected chi connectivity index (χ4v) is 3.34. The van der Waals surface area contributed by atoms with Crippen molar-refractivity contribution in [2.45, 2.75) is 12.0 Å². The molecule has 2 aromatic heterocycles. The second kappa shape index (κ2) is 4.99. The van der Waals surface area contributed by atoms with Crippen LogP contribution < -0.4 is 5.73 Å². The number of nitrogens with two attached hydrogens (primary N) is 1. The number of hydrogen-bond donors (Lipinski definition) is 1. The van der Waals surface area contributed by atoms with Crippen molar-refractivity contribution in [1.29, 1.82) is 0 Å². The Morgan fingerprint density at radius 1 is 1.39 bits per heavy atom. The highest BCUT2D eigenvalue weighted by molar-refractivity contribution is 9.10. The van der Waals surface area contributed by atoms with Crippen molar-refractivity contribution in [3.05, 3.63) is 28.7 Å². The van der Waals surface area contributed by atoms with Gasteiger partial charge >= 0.3 is 0 Å². The predicted octanol–water partition coefficient (Wildman–Crippen LogP) is 2.05. The summed E-state index contributed by atoms with van der Waals surface area (Å²) >= 11 is 5.16. The Morgan fingerprint density at radius 3 is 2.94 bits per heavy atom. The van der Waals surface area contributed by atoms with Crippen molar-refractivity contribution in [3.8, 4) is 11.5 Å². The third-order valence-electron chi connectivity index (χ3n) is 2.84. The van der Waals surface area contributed by atoms with Crippen molar-refractivity contribution in [1.82, 2.24) is 15.1 Å². The first-order valence-electron chi connectivity index (χ1n) is 5.53. The van der Waals surface area contributed by atoms with Crippen molar-refractivity contribution in [2.24, 2.45) is 5.73 Å². The average Bonchev–Trinajstić information content (AvgIpc) is 2.98. The quantitative estimate of drug-likeness (QED) is 0.910. The summed E-state index contributed by atoms with van der Waals surface area (Å²) < 4.78 is 6.22. The van der Waals surface area contributed by atoms with Gasteiger partial charge in [-0.15, -0.1) is 0 Å². The maximum Gasteiger partial charge on any atom is 0.232 e. The van der Waals surface area contributed by atoms with Crippen LogP contribution in [-0.4, -0.2) is 32.7 Å². The Morgan fingerprint density at radius 2 is 2.28 bits per heavy atom. The van der Waals surface area contributed by atoms with Gasteiger partial charge in [-0.2, -0.15) is 16.7 Å². The summed E-state index contributed by atoms with van der Waals surface area (Å²) in [6, 6.07) is 3.85. The fraction of sp³-hybridized carbons (Fsp3) is 0.364. The molecule has 2 atom stereocenters. The zero-order valence-electron chi connectivity index (χ0n) is 9.41. The molecule has 3 heterocycles. The van der Waals surface area contributed by atoms with E-state index in [1.54, 1.807) is 6.20 Å². The molecule has 0 bridgehead atoms. The molecule has 2 unspecified atom stereocenters. The molecule has 5 nitrogen and oxygen atoms in total. The molecule has 1 saturated heterocycles. The third-order valence-corrected chi connectivity index (χ3v) is 4.52. The van der Waals surface area contributed by atoms with E-state index in [0.717, 1.165) is 16.0 Å². The van der Waals surface area contributed by atoms with Gasteiger partial charge in [0.05, 0.1) is 5.92 Å². The predicted molar refractivity (Wildman–Crippen MR) is 73.3 cm³/mol. The average molecular weight is 327 g/mol. The summed E-state index contributed by atoms with van der Waals surface area (Å²) in [7, 11) is 0. The highest BCUT2D eigenvalue weighted by Crippen LogP contribution is 2.31. The molecule has 1 fully saturated rings. The van der Waals surface area contributed by atoms with Gasteiger partial charge in [0.15, 0.2) is 0 Å². The SMILES string of the molecule is NC1CSCC1c1nc(-c2ccc(Br)cn2)no1. The number of rotatable bonds is 2. The zero-order chi connectivity index (χ0) is 12.5. The first-order chi connectivity index (χ1) is 8.74. The van der Waals surface area contributed by atoms with Gasteiger partial charge in [0, 0.05) is 28.2 Å². The number of thioether (sulfide) groups is 1. The number of hydrogen-bond acceptors (Lipinski definition) is 6. The van der Waals surface area contributed by atoms with Crippen LogP contribution in [0.1, 0.15) is 11.8 Å². The van der Waals surface area contributed by atoms with Crippen LogP contribution in [0.25, 0.3) is 11.5 Å². The first kappa shape index (κ1) is 12.1. The molecule has 1 aliphatic heterocycles. The molecule has 0 aliphatic carbocycles. The molecule has 0 saturated carbocycles. The highest BCUT2D eigenvalue weighted by atomic mass is 79.9. The maximum atomic E-state index is 6.01. The van der Waals surface area contributed by atoms with Gasteiger partial charge in [-0.05, 0) is 28.1 Å². The summed E-state index contributed by atoms with van der Waals surface area (Å²) in [6.07, 6.45) is 1.71. The highest BCUT2D eigenvalue weighted by Gasteiger charge is 2.31. The normalized spacial score (nSPS) is 23.4. The summed E-state index contributed by atoms with van der Waals surface area (Å²) in [6.45, 7) is 0. The van der Waals surface area contributed by atoms with Crippen LogP contribution in [0.2, 0.25) is 0 Å². The number of nitrogens with zero attached hydrogens (tertiary/aromatic N) is 3. The standard InChI is InChI=1S/C11H11BrN4OS/c12-6-1-2-9(14-3-6)10-15-11(17-16-10)7-4-18-5-8(7)13/h1-3,7-8H,4-5,13H2. The van der Waals surface area contributed by atoms with E-state index in [1.807, 2.05) is 23.9 Å². The van der Waals surface area contributed by atoms with Gasteiger partial charge < -0.3 is 10.3 Å². The van der Waals surface area contributed by atoms with Crippen molar-refractivity contribution in [2.75, 3.05) is 11.5 Å². The second-order valence-corrected chi connectivity index (χ2v) is 6.12. The van der Waals surface area contributed by atoms with Crippen molar-refractivity contribution < 1.29 is 4.52 Å². The molecule has 3 rings (SSSR count). The Balaban J connectivity index is 1.87. The lowest BCUT2D eigenvalue weighted by Gasteiger charge is -2.07. The smallest absolute Gasteiger partial charge is 0.232 e. The van der Waals surface area contributed by atoms with E-state index in [1.165, 1.54) is 0 Å². The molecule has 1 aliphatic rings. The Hall–Kier alpha value is -0.920. The van der Waals surface area contributed by atoms with E-state index >= 15 is 0 Å². The molecular weight excluding hydrogens is 316 g/mol. The summed E-state index contributed by atoms with van der Waals surface area (Å²) in [5.41, 5.74) is 6.71. The summed E-state index contributed by atoms with van der Waals surface area (Å²) in [4.78, 5) is 8.63. The van der Waals surface area contributed by atoms with Crippen LogP contribution in [0.4, 0.5) is 0 Å². The molecule has 0 radical (unpaired) electrons. The van der Waals surface area contributed by atoms with Crippen LogP contribution in [0.5, 0.6) is 0 Å². The zero-order valence-corrected chi connectivity index (χ0v) is 11.8. The van der Waals surface area contributed by atoms with E-state index in [-0.39, 0.29) is 12.0 Å². The molecule has 0 spiro atoms. The van der Waals surface area contributed by atoms with E-state index < -0.39 is 0 Å². The van der Waals surface area contributed by atoms with Gasteiger partial charge in [0.2, 0.25) is 11.7 Å². The molecule has 18 heavy (non-hydrogen) atoms. The number of halogens is 1. The van der Waals surface area contributed by atoms with Crippen LogP contribution in [-0.2, 0) is 0 Å². The fourth-order valence-electron chi connectivity index (χ4n) is 1.82. The van der Waals surface area contributed by atoms with Gasteiger partial charge in [-0.25, -0.2) is 0 Å². The van der Waals surface area contributed by atoms with E-state index in [0.29, 0.717) is 17.4 Å². The lowest BCUT2D eigenvalue weighted by molar-refractivity contribution is 0.352. The first-order valence-corrected chi connectivity index (χ1v) is 7.47. The molecule has 7 heteroatoms. The Bertz CT molecular complexity index is 544.